The van der Waals surface area contributed by atoms with Gasteiger partial charge in [-0.25, -0.2) is 9.37 Å². The fraction of sp³-hybridized carbons (Fsp3) is 0.467. The molecular weight excluding hydrogens is 325 g/mol. The van der Waals surface area contributed by atoms with Crippen LogP contribution in [-0.2, 0) is 0 Å². The van der Waals surface area contributed by atoms with E-state index in [2.05, 4.69) is 9.37 Å². The number of alkyl halides is 3. The van der Waals surface area contributed by atoms with Crippen molar-refractivity contribution in [2.24, 2.45) is 10.9 Å². The monoisotopic (exact) mass is 340 g/mol. The quantitative estimate of drug-likeness (QED) is 0.843. The van der Waals surface area contributed by atoms with Crippen molar-refractivity contribution in [2.75, 3.05) is 6.54 Å². The van der Waals surface area contributed by atoms with Crippen LogP contribution < -0.4 is 0 Å². The van der Waals surface area contributed by atoms with Crippen molar-refractivity contribution in [3.63, 3.8) is 0 Å². The van der Waals surface area contributed by atoms with Gasteiger partial charge in [-0.3, -0.25) is 5.01 Å². The third-order valence-electron chi connectivity index (χ3n) is 4.26. The van der Waals surface area contributed by atoms with E-state index in [9.17, 15) is 13.2 Å². The molecule has 23 heavy (non-hydrogen) atoms. The van der Waals surface area contributed by atoms with E-state index in [0.29, 0.717) is 18.7 Å². The molecule has 1 aliphatic carbocycles. The molecule has 0 N–H and O–H groups in total. The van der Waals surface area contributed by atoms with Crippen LogP contribution in [0.15, 0.2) is 40.9 Å². The van der Waals surface area contributed by atoms with E-state index in [1.807, 2.05) is 19.1 Å². The number of allylic oxidation sites excluding steroid dienone is 2. The number of rotatable bonds is 3. The number of hydrogen-bond donors (Lipinski definition) is 0. The van der Waals surface area contributed by atoms with E-state index in [-0.39, 0.29) is 12.5 Å². The topological polar surface area (TPSA) is 31.7 Å². The summed E-state index contributed by atoms with van der Waals surface area (Å²) < 4.78 is 44.5. The summed E-state index contributed by atoms with van der Waals surface area (Å²) in [6, 6.07) is 0.429. The molecule has 0 bridgehead atoms. The molecule has 1 saturated carbocycles. The molecule has 3 heterocycles. The minimum absolute atomic E-state index is 0.237. The molecule has 1 atom stereocenters. The lowest BCUT2D eigenvalue weighted by Crippen LogP contribution is -2.52. The largest absolute Gasteiger partial charge is 0.406 e. The van der Waals surface area contributed by atoms with Gasteiger partial charge in [0.15, 0.2) is 0 Å². The zero-order valence-corrected chi connectivity index (χ0v) is 13.2. The van der Waals surface area contributed by atoms with Gasteiger partial charge in [-0.05, 0) is 55.4 Å². The van der Waals surface area contributed by atoms with Crippen LogP contribution in [0.4, 0.5) is 13.2 Å². The Labute approximate surface area is 135 Å². The van der Waals surface area contributed by atoms with Crippen molar-refractivity contribution in [1.29, 1.82) is 0 Å². The van der Waals surface area contributed by atoms with Crippen LogP contribution in [0, 0.1) is 5.92 Å². The maximum atomic E-state index is 13.5. The minimum Gasteiger partial charge on any atom is -0.261 e. The highest BCUT2D eigenvalue weighted by Crippen LogP contribution is 2.46. The lowest BCUT2D eigenvalue weighted by Gasteiger charge is -2.39. The van der Waals surface area contributed by atoms with Gasteiger partial charge in [0.25, 0.3) is 0 Å². The van der Waals surface area contributed by atoms with Gasteiger partial charge in [0.2, 0.25) is 0 Å². The van der Waals surface area contributed by atoms with Gasteiger partial charge in [0.1, 0.15) is 11.9 Å². The smallest absolute Gasteiger partial charge is 0.261 e. The number of aromatic nitrogens is 1. The number of fused-ring (bicyclic) bond motifs is 1. The maximum absolute atomic E-state index is 13.5. The van der Waals surface area contributed by atoms with Gasteiger partial charge in [0.05, 0.1) is 10.6 Å². The summed E-state index contributed by atoms with van der Waals surface area (Å²) in [7, 11) is 0. The van der Waals surface area contributed by atoms with E-state index in [0.717, 1.165) is 16.3 Å². The third-order valence-corrected chi connectivity index (χ3v) is 5.03. The van der Waals surface area contributed by atoms with Crippen LogP contribution in [0.2, 0.25) is 0 Å². The van der Waals surface area contributed by atoms with Crippen LogP contribution in [-0.4, -0.2) is 38.9 Å². The van der Waals surface area contributed by atoms with E-state index >= 15 is 0 Å². The van der Waals surface area contributed by atoms with Crippen LogP contribution >= 0.6 is 11.5 Å². The second-order valence-corrected chi connectivity index (χ2v) is 6.81. The summed E-state index contributed by atoms with van der Waals surface area (Å²) >= 11 is 1.33. The summed E-state index contributed by atoms with van der Waals surface area (Å²) in [5.41, 5.74) is 1.51. The molecule has 4 nitrogen and oxygen atoms in total. The number of hydrazine groups is 1. The molecule has 3 aliphatic rings. The van der Waals surface area contributed by atoms with Gasteiger partial charge < -0.3 is 0 Å². The summed E-state index contributed by atoms with van der Waals surface area (Å²) in [5, 5.41) is 3.02. The first kappa shape index (κ1) is 14.9. The predicted octanol–water partition coefficient (Wildman–Crippen LogP) is 3.56. The lowest BCUT2D eigenvalue weighted by molar-refractivity contribution is -0.212. The predicted molar refractivity (Wildman–Crippen MR) is 81.6 cm³/mol. The zero-order chi connectivity index (χ0) is 16.2. The van der Waals surface area contributed by atoms with Crippen molar-refractivity contribution < 1.29 is 13.2 Å². The van der Waals surface area contributed by atoms with Crippen molar-refractivity contribution in [3.8, 4) is 0 Å². The molecule has 1 unspecified atom stereocenters. The molecular formula is C15H15F3N4S. The first-order chi connectivity index (χ1) is 10.9. The van der Waals surface area contributed by atoms with E-state index < -0.39 is 12.2 Å². The van der Waals surface area contributed by atoms with Gasteiger partial charge in [-0.2, -0.15) is 18.2 Å². The SMILES string of the molecule is CC1=CC(c2ccns2)=NC2=CCN(C(C3CC3)C(F)(F)F)N12. The molecule has 1 aromatic heterocycles. The van der Waals surface area contributed by atoms with Crippen LogP contribution in [0.3, 0.4) is 0 Å². The van der Waals surface area contributed by atoms with Crippen LogP contribution in [0.5, 0.6) is 0 Å². The minimum atomic E-state index is -4.23. The molecule has 0 saturated heterocycles. The Kier molecular flexibility index (Phi) is 3.35. The lowest BCUT2D eigenvalue weighted by atomic mass is 10.1. The number of halogens is 3. The maximum Gasteiger partial charge on any atom is 0.406 e. The Morgan fingerprint density at radius 3 is 2.74 bits per heavy atom. The highest BCUT2D eigenvalue weighted by atomic mass is 32.1. The van der Waals surface area contributed by atoms with Crippen LogP contribution in [0.1, 0.15) is 24.6 Å². The fourth-order valence-electron chi connectivity index (χ4n) is 3.17. The summed E-state index contributed by atoms with van der Waals surface area (Å²) in [6.45, 7) is 2.06. The summed E-state index contributed by atoms with van der Waals surface area (Å²) in [5.74, 6) is 0.269. The Hall–Kier alpha value is -1.67. The molecule has 2 aliphatic heterocycles. The molecule has 1 fully saturated rings. The second kappa shape index (κ2) is 5.17. The van der Waals surface area contributed by atoms with Gasteiger partial charge in [0, 0.05) is 18.4 Å². The van der Waals surface area contributed by atoms with Crippen molar-refractivity contribution in [1.82, 2.24) is 14.4 Å². The van der Waals surface area contributed by atoms with Crippen molar-refractivity contribution >= 4 is 17.2 Å². The Bertz CT molecular complexity index is 701. The molecule has 0 amide bonds. The number of hydrogen-bond acceptors (Lipinski definition) is 5. The molecule has 4 rings (SSSR count). The second-order valence-electron chi connectivity index (χ2n) is 5.98. The van der Waals surface area contributed by atoms with E-state index in [1.54, 1.807) is 17.3 Å². The number of nitrogens with zero attached hydrogens (tertiary/aromatic N) is 4. The van der Waals surface area contributed by atoms with Gasteiger partial charge in [-0.15, -0.1) is 0 Å². The van der Waals surface area contributed by atoms with Gasteiger partial charge in [-0.1, -0.05) is 0 Å². The molecule has 0 radical (unpaired) electrons. The van der Waals surface area contributed by atoms with E-state index in [1.165, 1.54) is 16.5 Å². The Morgan fingerprint density at radius 2 is 2.13 bits per heavy atom. The standard InChI is InChI=1S/C15H15F3N4S/c1-9-8-11(12-4-6-19-23-12)20-13-5-7-21(22(9)13)14(10-2-3-10)15(16,17)18/h4-6,8,10,14H,2-3,7H2,1H3. The highest BCUT2D eigenvalue weighted by Gasteiger charge is 2.54. The normalized spacial score (nSPS) is 23.3. The molecule has 1 aromatic rings. The fourth-order valence-corrected chi connectivity index (χ4v) is 3.72. The number of aliphatic imine (C=N–C) groups is 1. The highest BCUT2D eigenvalue weighted by molar-refractivity contribution is 7.08. The average Bonchev–Trinajstić information content (AvgIpc) is 2.99. The molecule has 0 aromatic carbocycles. The van der Waals surface area contributed by atoms with Crippen LogP contribution in [0.25, 0.3) is 0 Å². The molecule has 8 heteroatoms. The Balaban J connectivity index is 1.65. The van der Waals surface area contributed by atoms with E-state index in [4.69, 9.17) is 0 Å². The summed E-state index contributed by atoms with van der Waals surface area (Å²) in [4.78, 5) is 5.43. The summed E-state index contributed by atoms with van der Waals surface area (Å²) in [6.07, 6.45) is 2.33. The van der Waals surface area contributed by atoms with Crippen molar-refractivity contribution in [3.05, 3.63) is 40.8 Å². The average molecular weight is 340 g/mol. The Morgan fingerprint density at radius 1 is 1.35 bits per heavy atom. The molecule has 0 spiro atoms. The molecule has 122 valence electrons. The van der Waals surface area contributed by atoms with Crippen molar-refractivity contribution in [2.45, 2.75) is 32.0 Å². The van der Waals surface area contributed by atoms with Gasteiger partial charge >= 0.3 is 6.18 Å². The first-order valence-corrected chi connectivity index (χ1v) is 8.24. The zero-order valence-electron chi connectivity index (χ0n) is 12.4. The first-order valence-electron chi connectivity index (χ1n) is 7.47. The third kappa shape index (κ3) is 2.59.